The zero-order chi connectivity index (χ0) is 21.2. The van der Waals surface area contributed by atoms with Gasteiger partial charge in [-0.1, -0.05) is 40.6 Å². The molecule has 1 aromatic heterocycles. The summed E-state index contributed by atoms with van der Waals surface area (Å²) in [5.74, 6) is -1.21. The van der Waals surface area contributed by atoms with Gasteiger partial charge in [-0.05, 0) is 50.5 Å². The van der Waals surface area contributed by atoms with E-state index in [0.717, 1.165) is 4.70 Å². The lowest BCUT2D eigenvalue weighted by atomic mass is 10.3. The number of halogens is 3. The third-order valence-corrected chi connectivity index (χ3v) is 7.37. The fraction of sp³-hybridized carbons (Fsp3) is 0.263. The number of fused-ring (bicyclic) bond motifs is 1. The first-order valence-corrected chi connectivity index (χ1v) is 11.9. The van der Waals surface area contributed by atoms with Crippen molar-refractivity contribution in [2.24, 2.45) is 0 Å². The molecule has 1 heterocycles. The summed E-state index contributed by atoms with van der Waals surface area (Å²) >= 11 is 13.3. The molecule has 0 bridgehead atoms. The highest BCUT2D eigenvalue weighted by atomic mass is 35.5. The second kappa shape index (κ2) is 10.3. The van der Waals surface area contributed by atoms with Gasteiger partial charge in [0, 0.05) is 18.1 Å². The summed E-state index contributed by atoms with van der Waals surface area (Å²) in [6, 6.07) is 11.2. The summed E-state index contributed by atoms with van der Waals surface area (Å²) in [4.78, 5) is 20.9. The van der Waals surface area contributed by atoms with Crippen molar-refractivity contribution >= 4 is 78.0 Å². The minimum atomic E-state index is -3.82. The van der Waals surface area contributed by atoms with Crippen LogP contribution in [0.4, 0.5) is 5.13 Å². The van der Waals surface area contributed by atoms with Gasteiger partial charge in [0.15, 0.2) is 15.0 Å². The molecule has 0 saturated heterocycles. The maximum atomic E-state index is 13.0. The van der Waals surface area contributed by atoms with Crippen LogP contribution in [0, 0.1) is 0 Å². The Kier molecular flexibility index (Phi) is 8.50. The van der Waals surface area contributed by atoms with Gasteiger partial charge in [0.25, 0.3) is 0 Å². The van der Waals surface area contributed by atoms with Gasteiger partial charge in [0.1, 0.15) is 11.3 Å². The molecule has 3 rings (SSSR count). The molecule has 0 atom stereocenters. The Morgan fingerprint density at radius 2 is 1.73 bits per heavy atom. The largest absolute Gasteiger partial charge is 0.308 e. The van der Waals surface area contributed by atoms with Crippen LogP contribution in [-0.4, -0.2) is 57.1 Å². The molecule has 11 heteroatoms. The number of anilines is 1. The molecule has 0 saturated carbocycles. The van der Waals surface area contributed by atoms with Crippen LogP contribution in [0.15, 0.2) is 47.4 Å². The zero-order valence-corrected chi connectivity index (χ0v) is 20.2. The van der Waals surface area contributed by atoms with E-state index in [-0.39, 0.29) is 17.3 Å². The van der Waals surface area contributed by atoms with Gasteiger partial charge < -0.3 is 4.90 Å². The number of likely N-dealkylation sites (N-methyl/N-ethyl adjacent to an activating group) is 1. The smallest absolute Gasteiger partial charge is 0.244 e. The van der Waals surface area contributed by atoms with E-state index in [9.17, 15) is 13.2 Å². The summed E-state index contributed by atoms with van der Waals surface area (Å²) in [5, 5.41) is 1.33. The first-order valence-electron chi connectivity index (χ1n) is 8.66. The van der Waals surface area contributed by atoms with Crippen LogP contribution in [0.2, 0.25) is 10.0 Å². The molecule has 0 spiro atoms. The molecule has 0 aliphatic carbocycles. The van der Waals surface area contributed by atoms with Gasteiger partial charge in [-0.25, -0.2) is 13.4 Å². The number of hydrogen-bond acceptors (Lipinski definition) is 6. The van der Waals surface area contributed by atoms with Crippen molar-refractivity contribution in [2.75, 3.05) is 37.8 Å². The van der Waals surface area contributed by atoms with Crippen LogP contribution in [0.1, 0.15) is 0 Å². The van der Waals surface area contributed by atoms with Crippen molar-refractivity contribution < 1.29 is 13.2 Å². The number of carbonyl (C=O) groups excluding carboxylic acids is 1. The molecule has 3 aromatic rings. The van der Waals surface area contributed by atoms with E-state index in [2.05, 4.69) is 4.98 Å². The molecule has 0 fully saturated rings. The lowest BCUT2D eigenvalue weighted by molar-refractivity contribution is -0.116. The van der Waals surface area contributed by atoms with Crippen molar-refractivity contribution in [3.63, 3.8) is 0 Å². The fourth-order valence-electron chi connectivity index (χ4n) is 2.61. The van der Waals surface area contributed by atoms with Crippen molar-refractivity contribution in [3.05, 3.63) is 52.5 Å². The number of benzene rings is 2. The van der Waals surface area contributed by atoms with Crippen LogP contribution >= 0.6 is 46.9 Å². The number of para-hydroxylation sites is 1. The summed E-state index contributed by atoms with van der Waals surface area (Å²) in [6.07, 6.45) is 0. The third-order valence-electron chi connectivity index (χ3n) is 4.15. The van der Waals surface area contributed by atoms with Crippen molar-refractivity contribution in [1.82, 2.24) is 9.88 Å². The molecule has 0 unspecified atom stereocenters. The monoisotopic (exact) mass is 507 g/mol. The number of amides is 1. The number of hydrogen-bond donors (Lipinski definition) is 0. The Hall–Kier alpha value is -1.42. The molecule has 0 N–H and O–H groups in total. The Balaban J connectivity index is 0.00000320. The SMILES string of the molecule is CN(C)CCN(C(=O)CS(=O)(=O)c1ccc(Cl)cc1)c1nc2c(Cl)cccc2s1.Cl. The molecule has 1 amide bonds. The zero-order valence-electron chi connectivity index (χ0n) is 16.2. The third kappa shape index (κ3) is 5.84. The number of carbonyl (C=O) groups is 1. The van der Waals surface area contributed by atoms with E-state index in [1.807, 2.05) is 31.1 Å². The van der Waals surface area contributed by atoms with Crippen LogP contribution < -0.4 is 4.90 Å². The minimum Gasteiger partial charge on any atom is -0.308 e. The molecule has 0 aliphatic rings. The van der Waals surface area contributed by atoms with E-state index in [1.54, 1.807) is 6.07 Å². The van der Waals surface area contributed by atoms with Gasteiger partial charge in [-0.15, -0.1) is 12.4 Å². The summed E-state index contributed by atoms with van der Waals surface area (Å²) in [5.41, 5.74) is 0.595. The predicted molar refractivity (Wildman–Crippen MR) is 126 cm³/mol. The second-order valence-electron chi connectivity index (χ2n) is 6.64. The summed E-state index contributed by atoms with van der Waals surface area (Å²) < 4.78 is 26.3. The predicted octanol–water partition coefficient (Wildman–Crippen LogP) is 4.39. The van der Waals surface area contributed by atoms with Gasteiger partial charge in [0.2, 0.25) is 5.91 Å². The highest BCUT2D eigenvalue weighted by Crippen LogP contribution is 2.33. The first kappa shape index (κ1) is 24.8. The Morgan fingerprint density at radius 1 is 1.07 bits per heavy atom. The van der Waals surface area contributed by atoms with E-state index in [0.29, 0.717) is 33.8 Å². The van der Waals surface area contributed by atoms with Gasteiger partial charge in [-0.2, -0.15) is 0 Å². The quantitative estimate of drug-likeness (QED) is 0.473. The Bertz CT molecular complexity index is 1130. The molecule has 30 heavy (non-hydrogen) atoms. The first-order chi connectivity index (χ1) is 13.7. The maximum Gasteiger partial charge on any atom is 0.244 e. The lowest BCUT2D eigenvalue weighted by Gasteiger charge is -2.22. The Morgan fingerprint density at radius 3 is 2.33 bits per heavy atom. The van der Waals surface area contributed by atoms with Crippen molar-refractivity contribution in [3.8, 4) is 0 Å². The van der Waals surface area contributed by atoms with Gasteiger partial charge in [0.05, 0.1) is 14.6 Å². The van der Waals surface area contributed by atoms with Crippen LogP contribution in [-0.2, 0) is 14.6 Å². The average Bonchev–Trinajstić information content (AvgIpc) is 3.07. The van der Waals surface area contributed by atoms with E-state index >= 15 is 0 Å². The number of nitrogens with zero attached hydrogens (tertiary/aromatic N) is 3. The van der Waals surface area contributed by atoms with Gasteiger partial charge in [-0.3, -0.25) is 9.69 Å². The molecule has 0 aliphatic heterocycles. The van der Waals surface area contributed by atoms with E-state index in [4.69, 9.17) is 23.2 Å². The number of sulfone groups is 1. The topological polar surface area (TPSA) is 70.6 Å². The normalized spacial score (nSPS) is 11.5. The molecule has 162 valence electrons. The fourth-order valence-corrected chi connectivity index (χ4v) is 5.24. The molecular weight excluding hydrogens is 489 g/mol. The minimum absolute atomic E-state index is 0. The average molecular weight is 509 g/mol. The number of rotatable bonds is 7. The number of thiazole rings is 1. The molecule has 2 aromatic carbocycles. The molecular formula is C19H20Cl3N3O3S2. The lowest BCUT2D eigenvalue weighted by Crippen LogP contribution is -2.40. The van der Waals surface area contributed by atoms with Crippen LogP contribution in [0.3, 0.4) is 0 Å². The van der Waals surface area contributed by atoms with E-state index in [1.165, 1.54) is 40.5 Å². The standard InChI is InChI=1S/C19H19Cl2N3O3S2.ClH/c1-23(2)10-11-24(19-22-18-15(21)4-3-5-16(18)28-19)17(25)12-29(26,27)14-8-6-13(20)7-9-14;/h3-9H,10-12H2,1-2H3;1H. The summed E-state index contributed by atoms with van der Waals surface area (Å²) in [6.45, 7) is 0.857. The Labute approximate surface area is 195 Å². The molecule has 6 nitrogen and oxygen atoms in total. The van der Waals surface area contributed by atoms with Crippen LogP contribution in [0.5, 0.6) is 0 Å². The summed E-state index contributed by atoms with van der Waals surface area (Å²) in [7, 11) is -0.0641. The highest BCUT2D eigenvalue weighted by Gasteiger charge is 2.26. The number of aromatic nitrogens is 1. The van der Waals surface area contributed by atoms with Crippen molar-refractivity contribution in [2.45, 2.75) is 4.90 Å². The highest BCUT2D eigenvalue weighted by molar-refractivity contribution is 7.92. The maximum absolute atomic E-state index is 13.0. The molecule has 0 radical (unpaired) electrons. The van der Waals surface area contributed by atoms with Crippen LogP contribution in [0.25, 0.3) is 10.2 Å². The second-order valence-corrected chi connectivity index (χ2v) is 10.5. The van der Waals surface area contributed by atoms with Gasteiger partial charge >= 0.3 is 0 Å². The van der Waals surface area contributed by atoms with Crippen molar-refractivity contribution in [1.29, 1.82) is 0 Å². The van der Waals surface area contributed by atoms with E-state index < -0.39 is 21.5 Å².